The molecule has 1 aliphatic heterocycles. The van der Waals surface area contributed by atoms with Gasteiger partial charge in [0.05, 0.1) is 12.7 Å². The molecule has 0 radical (unpaired) electrons. The molecule has 1 saturated heterocycles. The lowest BCUT2D eigenvalue weighted by molar-refractivity contribution is -0.0346. The number of hydrogen-bond donors (Lipinski definition) is 1. The second kappa shape index (κ2) is 6.91. The van der Waals surface area contributed by atoms with Gasteiger partial charge in [0.2, 0.25) is 0 Å². The number of halogens is 2. The van der Waals surface area contributed by atoms with E-state index in [1.54, 1.807) is 0 Å². The van der Waals surface area contributed by atoms with Crippen LogP contribution in [0.15, 0.2) is 24.3 Å². The van der Waals surface area contributed by atoms with Gasteiger partial charge in [0.1, 0.15) is 0 Å². The highest BCUT2D eigenvalue weighted by atomic mass is 35.5. The van der Waals surface area contributed by atoms with E-state index in [2.05, 4.69) is 24.8 Å². The van der Waals surface area contributed by atoms with E-state index in [4.69, 9.17) is 22.1 Å². The second-order valence-electron chi connectivity index (χ2n) is 5.64. The van der Waals surface area contributed by atoms with Gasteiger partial charge < -0.3 is 10.5 Å². The van der Waals surface area contributed by atoms with Crippen molar-refractivity contribution in [3.8, 4) is 0 Å². The average Bonchev–Trinajstić information content (AvgIpc) is 2.27. The van der Waals surface area contributed by atoms with Crippen LogP contribution in [0.3, 0.4) is 0 Å². The van der Waals surface area contributed by atoms with Gasteiger partial charge in [-0.05, 0) is 31.5 Å². The van der Waals surface area contributed by atoms with Gasteiger partial charge in [-0.2, -0.15) is 0 Å². The molecule has 1 heterocycles. The normalized spacial score (nSPS) is 20.9. The van der Waals surface area contributed by atoms with E-state index in [1.165, 1.54) is 0 Å². The van der Waals surface area contributed by atoms with Gasteiger partial charge in [-0.15, -0.1) is 12.4 Å². The monoisotopic (exact) mass is 304 g/mol. The molecule has 3 nitrogen and oxygen atoms in total. The van der Waals surface area contributed by atoms with Crippen molar-refractivity contribution in [3.63, 3.8) is 0 Å². The third-order valence-electron chi connectivity index (χ3n) is 3.00. The quantitative estimate of drug-likeness (QED) is 0.933. The Kier molecular flexibility index (Phi) is 6.09. The molecule has 0 aromatic heterocycles. The molecule has 0 saturated carbocycles. The molecule has 0 aliphatic carbocycles. The summed E-state index contributed by atoms with van der Waals surface area (Å²) in [6.07, 6.45) is 0.0970. The van der Waals surface area contributed by atoms with Crippen molar-refractivity contribution < 1.29 is 4.74 Å². The number of nitrogens with two attached hydrogens (primary N) is 1. The van der Waals surface area contributed by atoms with Gasteiger partial charge in [-0.3, -0.25) is 4.90 Å². The molecular weight excluding hydrogens is 283 g/mol. The molecule has 1 aromatic carbocycles. The summed E-state index contributed by atoms with van der Waals surface area (Å²) >= 11 is 6.02. The highest BCUT2D eigenvalue weighted by molar-refractivity contribution is 6.30. The summed E-state index contributed by atoms with van der Waals surface area (Å²) < 4.78 is 5.82. The van der Waals surface area contributed by atoms with Crippen molar-refractivity contribution in [1.29, 1.82) is 0 Å². The highest BCUT2D eigenvalue weighted by Crippen LogP contribution is 2.25. The third-order valence-corrected chi connectivity index (χ3v) is 3.24. The standard InChI is InChI=1S/C14H21ClN2O.ClH/c1-14(2,16)10-17-6-7-18-13(9-17)11-4-3-5-12(15)8-11;/h3-5,8,13H,6-7,9-10,16H2,1-2H3;1H. The Labute approximate surface area is 126 Å². The first-order valence-corrected chi connectivity index (χ1v) is 6.70. The average molecular weight is 305 g/mol. The smallest absolute Gasteiger partial charge is 0.0952 e. The van der Waals surface area contributed by atoms with E-state index >= 15 is 0 Å². The van der Waals surface area contributed by atoms with Crippen LogP contribution < -0.4 is 5.73 Å². The maximum Gasteiger partial charge on any atom is 0.0952 e. The first kappa shape index (κ1) is 16.7. The number of hydrogen-bond acceptors (Lipinski definition) is 3. The lowest BCUT2D eigenvalue weighted by Crippen LogP contribution is -2.49. The Morgan fingerprint density at radius 3 is 2.84 bits per heavy atom. The topological polar surface area (TPSA) is 38.5 Å². The van der Waals surface area contributed by atoms with E-state index in [9.17, 15) is 0 Å². The summed E-state index contributed by atoms with van der Waals surface area (Å²) in [7, 11) is 0. The maximum atomic E-state index is 6.07. The van der Waals surface area contributed by atoms with Gasteiger partial charge in [-0.25, -0.2) is 0 Å². The third kappa shape index (κ3) is 5.28. The SMILES string of the molecule is CC(C)(N)CN1CCOC(c2cccc(Cl)c2)C1.Cl. The summed E-state index contributed by atoms with van der Waals surface area (Å²) in [5, 5.41) is 0.757. The molecule has 5 heteroatoms. The summed E-state index contributed by atoms with van der Waals surface area (Å²) in [5.74, 6) is 0. The minimum absolute atomic E-state index is 0. The van der Waals surface area contributed by atoms with Crippen LogP contribution in [0.4, 0.5) is 0 Å². The molecule has 0 amide bonds. The lowest BCUT2D eigenvalue weighted by atomic mass is 10.0. The van der Waals surface area contributed by atoms with Gasteiger partial charge >= 0.3 is 0 Å². The Bertz CT molecular complexity index is 407. The lowest BCUT2D eigenvalue weighted by Gasteiger charge is -2.36. The number of rotatable bonds is 3. The van der Waals surface area contributed by atoms with Crippen LogP contribution in [0.1, 0.15) is 25.5 Å². The van der Waals surface area contributed by atoms with E-state index in [-0.39, 0.29) is 24.0 Å². The number of nitrogens with zero attached hydrogens (tertiary/aromatic N) is 1. The maximum absolute atomic E-state index is 6.07. The number of ether oxygens (including phenoxy) is 1. The molecule has 1 atom stereocenters. The number of benzene rings is 1. The van der Waals surface area contributed by atoms with Crippen molar-refractivity contribution in [3.05, 3.63) is 34.9 Å². The Morgan fingerprint density at radius 1 is 1.47 bits per heavy atom. The van der Waals surface area contributed by atoms with E-state index in [0.717, 1.165) is 36.8 Å². The minimum Gasteiger partial charge on any atom is -0.371 e. The van der Waals surface area contributed by atoms with E-state index in [1.807, 2.05) is 18.2 Å². The van der Waals surface area contributed by atoms with Gasteiger partial charge in [0, 0.05) is 30.2 Å². The molecule has 2 rings (SSSR count). The molecule has 0 spiro atoms. The zero-order valence-electron chi connectivity index (χ0n) is 11.4. The number of morpholine rings is 1. The molecular formula is C14H22Cl2N2O. The van der Waals surface area contributed by atoms with Crippen LogP contribution in [-0.4, -0.2) is 36.7 Å². The molecule has 1 fully saturated rings. The van der Waals surface area contributed by atoms with Crippen LogP contribution in [0.5, 0.6) is 0 Å². The van der Waals surface area contributed by atoms with Crippen molar-refractivity contribution >= 4 is 24.0 Å². The second-order valence-corrected chi connectivity index (χ2v) is 6.07. The molecule has 1 aliphatic rings. The summed E-state index contributed by atoms with van der Waals surface area (Å²) in [4.78, 5) is 2.36. The predicted octanol–water partition coefficient (Wildman–Crippen LogP) is 2.87. The Morgan fingerprint density at radius 2 is 2.21 bits per heavy atom. The van der Waals surface area contributed by atoms with Crippen LogP contribution in [-0.2, 0) is 4.74 Å². The first-order valence-electron chi connectivity index (χ1n) is 6.32. The van der Waals surface area contributed by atoms with E-state index < -0.39 is 0 Å². The van der Waals surface area contributed by atoms with Crippen molar-refractivity contribution in [2.75, 3.05) is 26.2 Å². The zero-order chi connectivity index (χ0) is 13.2. The van der Waals surface area contributed by atoms with Crippen LogP contribution in [0.25, 0.3) is 0 Å². The Balaban J connectivity index is 0.00000180. The molecule has 2 N–H and O–H groups in total. The van der Waals surface area contributed by atoms with Crippen molar-refractivity contribution in [1.82, 2.24) is 4.90 Å². The Hall–Kier alpha value is -0.320. The summed E-state index contributed by atoms with van der Waals surface area (Å²) in [6, 6.07) is 7.89. The minimum atomic E-state index is -0.170. The van der Waals surface area contributed by atoms with Gasteiger partial charge in [0.15, 0.2) is 0 Å². The van der Waals surface area contributed by atoms with Crippen molar-refractivity contribution in [2.24, 2.45) is 5.73 Å². The van der Waals surface area contributed by atoms with Crippen LogP contribution >= 0.6 is 24.0 Å². The zero-order valence-corrected chi connectivity index (χ0v) is 13.0. The van der Waals surface area contributed by atoms with Gasteiger partial charge in [-0.1, -0.05) is 23.7 Å². The fraction of sp³-hybridized carbons (Fsp3) is 0.571. The van der Waals surface area contributed by atoms with Crippen molar-refractivity contribution in [2.45, 2.75) is 25.5 Å². The first-order chi connectivity index (χ1) is 8.44. The fourth-order valence-electron chi connectivity index (χ4n) is 2.33. The van der Waals surface area contributed by atoms with E-state index in [0.29, 0.717) is 0 Å². The largest absolute Gasteiger partial charge is 0.371 e. The summed E-state index contributed by atoms with van der Waals surface area (Å²) in [6.45, 7) is 7.55. The fourth-order valence-corrected chi connectivity index (χ4v) is 2.53. The highest BCUT2D eigenvalue weighted by Gasteiger charge is 2.25. The molecule has 0 bridgehead atoms. The predicted molar refractivity (Wildman–Crippen MR) is 82.1 cm³/mol. The molecule has 1 unspecified atom stereocenters. The van der Waals surface area contributed by atoms with Gasteiger partial charge in [0.25, 0.3) is 0 Å². The van der Waals surface area contributed by atoms with Crippen LogP contribution in [0.2, 0.25) is 5.02 Å². The molecule has 1 aromatic rings. The van der Waals surface area contributed by atoms with Crippen LogP contribution in [0, 0.1) is 0 Å². The molecule has 108 valence electrons. The molecule has 19 heavy (non-hydrogen) atoms. The summed E-state index contributed by atoms with van der Waals surface area (Å²) in [5.41, 5.74) is 7.04.